The Kier molecular flexibility index (Phi) is 5.89. The summed E-state index contributed by atoms with van der Waals surface area (Å²) < 4.78 is 30.9. The lowest BCUT2D eigenvalue weighted by Crippen LogP contribution is -2.37. The molecule has 0 saturated carbocycles. The van der Waals surface area contributed by atoms with Crippen molar-refractivity contribution in [3.8, 4) is 5.75 Å². The monoisotopic (exact) mass is 286 g/mol. The van der Waals surface area contributed by atoms with Crippen LogP contribution < -0.4 is 15.8 Å². The Morgan fingerprint density at radius 1 is 1.35 bits per heavy atom. The number of nitrogens with two attached hydrogens (primary N) is 1. The number of ether oxygens (including phenoxy) is 1. The van der Waals surface area contributed by atoms with E-state index >= 15 is 0 Å². The molecule has 0 aromatic heterocycles. The summed E-state index contributed by atoms with van der Waals surface area (Å²) in [4.78, 5) is 22.1. The zero-order chi connectivity index (χ0) is 15.1. The predicted molar refractivity (Wildman–Crippen MR) is 67.9 cm³/mol. The van der Waals surface area contributed by atoms with Crippen LogP contribution in [0.3, 0.4) is 0 Å². The van der Waals surface area contributed by atoms with Crippen molar-refractivity contribution in [2.75, 3.05) is 6.54 Å². The van der Waals surface area contributed by atoms with E-state index in [-0.39, 0.29) is 18.7 Å². The number of rotatable bonds is 7. The first-order valence-corrected chi connectivity index (χ1v) is 6.08. The summed E-state index contributed by atoms with van der Waals surface area (Å²) in [6.45, 7) is 1.76. The van der Waals surface area contributed by atoms with Crippen LogP contribution >= 0.6 is 0 Å². The number of hydrogen-bond acceptors (Lipinski definition) is 3. The van der Waals surface area contributed by atoms with Crippen molar-refractivity contribution >= 4 is 11.8 Å². The second-order valence-electron chi connectivity index (χ2n) is 4.20. The molecule has 0 spiro atoms. The molecule has 1 rings (SSSR count). The molecule has 0 aliphatic rings. The quantitative estimate of drug-likeness (QED) is 0.737. The number of halogens is 2. The summed E-state index contributed by atoms with van der Waals surface area (Å²) in [6, 6.07) is 3.02. The molecule has 20 heavy (non-hydrogen) atoms. The number of amides is 2. The van der Waals surface area contributed by atoms with Gasteiger partial charge in [0, 0.05) is 19.0 Å². The maximum Gasteiger partial charge on any atom is 0.260 e. The SMILES string of the molecule is CC(Oc1ccc(F)c(F)c1)C(=O)NCCCC(N)=O. The minimum absolute atomic E-state index is 0.0590. The van der Waals surface area contributed by atoms with Crippen molar-refractivity contribution in [2.45, 2.75) is 25.9 Å². The summed E-state index contributed by atoms with van der Waals surface area (Å²) >= 11 is 0. The molecule has 3 N–H and O–H groups in total. The van der Waals surface area contributed by atoms with Crippen molar-refractivity contribution in [2.24, 2.45) is 5.73 Å². The molecule has 2 amide bonds. The number of primary amides is 1. The average molecular weight is 286 g/mol. The van der Waals surface area contributed by atoms with E-state index < -0.39 is 29.6 Å². The van der Waals surface area contributed by atoms with Gasteiger partial charge in [-0.05, 0) is 25.5 Å². The molecule has 1 atom stereocenters. The highest BCUT2D eigenvalue weighted by Crippen LogP contribution is 2.16. The van der Waals surface area contributed by atoms with Crippen molar-refractivity contribution in [1.29, 1.82) is 0 Å². The molecule has 5 nitrogen and oxygen atoms in total. The van der Waals surface area contributed by atoms with Crippen LogP contribution in [0, 0.1) is 11.6 Å². The maximum atomic E-state index is 13.0. The van der Waals surface area contributed by atoms with Gasteiger partial charge in [-0.25, -0.2) is 8.78 Å². The van der Waals surface area contributed by atoms with Crippen LogP contribution in [0.4, 0.5) is 8.78 Å². The van der Waals surface area contributed by atoms with Crippen molar-refractivity contribution in [3.05, 3.63) is 29.8 Å². The highest BCUT2D eigenvalue weighted by atomic mass is 19.2. The lowest BCUT2D eigenvalue weighted by Gasteiger charge is -2.14. The van der Waals surface area contributed by atoms with Gasteiger partial charge in [-0.2, -0.15) is 0 Å². The molecule has 1 aromatic carbocycles. The summed E-state index contributed by atoms with van der Waals surface area (Å²) in [7, 11) is 0. The molecule has 1 unspecified atom stereocenters. The Hall–Kier alpha value is -2.18. The van der Waals surface area contributed by atoms with Crippen molar-refractivity contribution in [1.82, 2.24) is 5.32 Å². The molecule has 0 aliphatic heterocycles. The van der Waals surface area contributed by atoms with Gasteiger partial charge >= 0.3 is 0 Å². The minimum atomic E-state index is -1.04. The molecule has 0 aliphatic carbocycles. The predicted octanol–water partition coefficient (Wildman–Crippen LogP) is 1.11. The van der Waals surface area contributed by atoms with Crippen LogP contribution in [0.1, 0.15) is 19.8 Å². The summed E-state index contributed by atoms with van der Waals surface area (Å²) in [5.41, 5.74) is 4.96. The second-order valence-corrected chi connectivity index (χ2v) is 4.20. The van der Waals surface area contributed by atoms with Crippen molar-refractivity contribution < 1.29 is 23.1 Å². The summed E-state index contributed by atoms with van der Waals surface area (Å²) in [6.07, 6.45) is -0.258. The van der Waals surface area contributed by atoms with Gasteiger partial charge in [0.05, 0.1) is 0 Å². The van der Waals surface area contributed by atoms with E-state index in [9.17, 15) is 18.4 Å². The van der Waals surface area contributed by atoms with Gasteiger partial charge in [-0.1, -0.05) is 0 Å². The number of hydrogen-bond donors (Lipinski definition) is 2. The van der Waals surface area contributed by atoms with Gasteiger partial charge in [-0.15, -0.1) is 0 Å². The summed E-state index contributed by atoms with van der Waals surface area (Å²) in [5, 5.41) is 2.54. The van der Waals surface area contributed by atoms with Gasteiger partial charge in [0.2, 0.25) is 5.91 Å². The van der Waals surface area contributed by atoms with E-state index in [1.165, 1.54) is 13.0 Å². The van der Waals surface area contributed by atoms with Crippen LogP contribution in [0.25, 0.3) is 0 Å². The number of carbonyl (C=O) groups excluding carboxylic acids is 2. The molecule has 0 heterocycles. The van der Waals surface area contributed by atoms with E-state index in [0.29, 0.717) is 6.42 Å². The molecular weight excluding hydrogens is 270 g/mol. The lowest BCUT2D eigenvalue weighted by atomic mass is 10.3. The summed E-state index contributed by atoms with van der Waals surface area (Å²) in [5.74, 6) is -2.83. The Labute approximate surface area is 115 Å². The fourth-order valence-corrected chi connectivity index (χ4v) is 1.43. The fourth-order valence-electron chi connectivity index (χ4n) is 1.43. The Balaban J connectivity index is 2.41. The van der Waals surface area contributed by atoms with Crippen LogP contribution in [0.15, 0.2) is 18.2 Å². The normalized spacial score (nSPS) is 11.8. The van der Waals surface area contributed by atoms with Crippen LogP contribution in [0.2, 0.25) is 0 Å². The van der Waals surface area contributed by atoms with E-state index in [4.69, 9.17) is 10.5 Å². The molecule has 0 bridgehead atoms. The standard InChI is InChI=1S/C13H16F2N2O3/c1-8(13(19)17-6-2-3-12(16)18)20-9-4-5-10(14)11(15)7-9/h4-5,7-8H,2-3,6H2,1H3,(H2,16,18)(H,17,19). The maximum absolute atomic E-state index is 13.0. The third-order valence-electron chi connectivity index (χ3n) is 2.47. The fraction of sp³-hybridized carbons (Fsp3) is 0.385. The number of nitrogens with one attached hydrogen (secondary N) is 1. The third kappa shape index (κ3) is 5.21. The molecule has 0 fully saturated rings. The molecule has 1 aromatic rings. The Morgan fingerprint density at radius 2 is 2.05 bits per heavy atom. The number of benzene rings is 1. The highest BCUT2D eigenvalue weighted by molar-refractivity contribution is 5.80. The average Bonchev–Trinajstić information content (AvgIpc) is 2.38. The highest BCUT2D eigenvalue weighted by Gasteiger charge is 2.15. The third-order valence-corrected chi connectivity index (χ3v) is 2.47. The first kappa shape index (κ1) is 15.9. The Bertz CT molecular complexity index is 495. The minimum Gasteiger partial charge on any atom is -0.481 e. The van der Waals surface area contributed by atoms with Gasteiger partial charge in [-0.3, -0.25) is 9.59 Å². The van der Waals surface area contributed by atoms with Crippen LogP contribution in [0.5, 0.6) is 5.75 Å². The topological polar surface area (TPSA) is 81.4 Å². The Morgan fingerprint density at radius 3 is 2.65 bits per heavy atom. The van der Waals surface area contributed by atoms with Crippen molar-refractivity contribution in [3.63, 3.8) is 0 Å². The van der Waals surface area contributed by atoms with Gasteiger partial charge in [0.15, 0.2) is 17.7 Å². The van der Waals surface area contributed by atoms with E-state index in [2.05, 4.69) is 5.32 Å². The zero-order valence-corrected chi connectivity index (χ0v) is 11.0. The first-order chi connectivity index (χ1) is 9.40. The van der Waals surface area contributed by atoms with Gasteiger partial charge < -0.3 is 15.8 Å². The molecule has 0 radical (unpaired) electrons. The zero-order valence-electron chi connectivity index (χ0n) is 11.0. The molecule has 110 valence electrons. The van der Waals surface area contributed by atoms with E-state index in [0.717, 1.165) is 12.1 Å². The van der Waals surface area contributed by atoms with E-state index in [1.807, 2.05) is 0 Å². The lowest BCUT2D eigenvalue weighted by molar-refractivity contribution is -0.127. The largest absolute Gasteiger partial charge is 0.481 e. The molecular formula is C13H16F2N2O3. The first-order valence-electron chi connectivity index (χ1n) is 6.08. The number of carbonyl (C=O) groups is 2. The molecule has 0 saturated heterocycles. The van der Waals surface area contributed by atoms with Gasteiger partial charge in [0.1, 0.15) is 5.75 Å². The van der Waals surface area contributed by atoms with Crippen LogP contribution in [-0.4, -0.2) is 24.5 Å². The molecule has 7 heteroatoms. The van der Waals surface area contributed by atoms with Gasteiger partial charge in [0.25, 0.3) is 5.91 Å². The second kappa shape index (κ2) is 7.42. The van der Waals surface area contributed by atoms with Crippen LogP contribution in [-0.2, 0) is 9.59 Å². The smallest absolute Gasteiger partial charge is 0.260 e. The van der Waals surface area contributed by atoms with E-state index in [1.54, 1.807) is 0 Å².